The Morgan fingerprint density at radius 2 is 2.21 bits per heavy atom. The molecule has 3 aromatic rings. The number of aryl methyl sites for hydroxylation is 2. The fourth-order valence-corrected chi connectivity index (χ4v) is 2.83. The van der Waals surface area contributed by atoms with Crippen LogP contribution in [0.1, 0.15) is 16.1 Å². The fourth-order valence-electron chi connectivity index (χ4n) is 1.90. The Labute approximate surface area is 113 Å². The van der Waals surface area contributed by atoms with Crippen LogP contribution >= 0.6 is 11.3 Å². The number of thiazole rings is 1. The number of rotatable bonds is 2. The van der Waals surface area contributed by atoms with Gasteiger partial charge in [0.15, 0.2) is 5.13 Å². The van der Waals surface area contributed by atoms with Crippen molar-refractivity contribution in [3.8, 4) is 0 Å². The van der Waals surface area contributed by atoms with E-state index in [1.54, 1.807) is 19.3 Å². The number of benzene rings is 1. The minimum Gasteiger partial charge on any atom is -0.296 e. The van der Waals surface area contributed by atoms with Crippen LogP contribution in [0.4, 0.5) is 5.13 Å². The summed E-state index contributed by atoms with van der Waals surface area (Å²) in [4.78, 5) is 16.5. The third-order valence-corrected chi connectivity index (χ3v) is 4.01. The van der Waals surface area contributed by atoms with Gasteiger partial charge in [0.1, 0.15) is 5.69 Å². The number of nitrogens with zero attached hydrogens (tertiary/aromatic N) is 3. The van der Waals surface area contributed by atoms with E-state index in [0.29, 0.717) is 10.8 Å². The lowest BCUT2D eigenvalue weighted by Gasteiger charge is -2.00. The zero-order valence-corrected chi connectivity index (χ0v) is 11.4. The van der Waals surface area contributed by atoms with Crippen molar-refractivity contribution in [2.45, 2.75) is 6.92 Å². The van der Waals surface area contributed by atoms with Gasteiger partial charge in [-0.15, -0.1) is 0 Å². The Morgan fingerprint density at radius 1 is 1.37 bits per heavy atom. The van der Waals surface area contributed by atoms with E-state index in [9.17, 15) is 4.79 Å². The van der Waals surface area contributed by atoms with E-state index in [4.69, 9.17) is 0 Å². The Kier molecular flexibility index (Phi) is 2.79. The van der Waals surface area contributed by atoms with Crippen molar-refractivity contribution >= 4 is 32.6 Å². The lowest BCUT2D eigenvalue weighted by molar-refractivity contribution is 0.101. The second-order valence-electron chi connectivity index (χ2n) is 4.24. The summed E-state index contributed by atoms with van der Waals surface area (Å²) in [7, 11) is 1.73. The smallest absolute Gasteiger partial charge is 0.275 e. The van der Waals surface area contributed by atoms with Crippen LogP contribution in [0.3, 0.4) is 0 Å². The third-order valence-electron chi connectivity index (χ3n) is 2.89. The number of fused-ring (bicyclic) bond motifs is 1. The van der Waals surface area contributed by atoms with Crippen LogP contribution in [-0.2, 0) is 7.05 Å². The summed E-state index contributed by atoms with van der Waals surface area (Å²) < 4.78 is 2.64. The second kappa shape index (κ2) is 4.47. The molecule has 1 N–H and O–H groups in total. The molecule has 1 aromatic carbocycles. The van der Waals surface area contributed by atoms with Crippen molar-refractivity contribution < 1.29 is 4.79 Å². The summed E-state index contributed by atoms with van der Waals surface area (Å²) in [6, 6.07) is 7.61. The Morgan fingerprint density at radius 3 is 2.89 bits per heavy atom. The highest BCUT2D eigenvalue weighted by Crippen LogP contribution is 2.28. The van der Waals surface area contributed by atoms with E-state index in [2.05, 4.69) is 15.4 Å². The molecule has 0 aliphatic carbocycles. The van der Waals surface area contributed by atoms with Crippen LogP contribution in [0.15, 0.2) is 30.5 Å². The molecule has 0 bridgehead atoms. The second-order valence-corrected chi connectivity index (χ2v) is 5.24. The molecule has 5 nitrogen and oxygen atoms in total. The van der Waals surface area contributed by atoms with Gasteiger partial charge in [-0.25, -0.2) is 4.98 Å². The zero-order chi connectivity index (χ0) is 13.4. The van der Waals surface area contributed by atoms with Gasteiger partial charge >= 0.3 is 0 Å². The highest BCUT2D eigenvalue weighted by atomic mass is 32.1. The number of anilines is 1. The van der Waals surface area contributed by atoms with Crippen LogP contribution in [0, 0.1) is 6.92 Å². The molecule has 0 atom stereocenters. The lowest BCUT2D eigenvalue weighted by Crippen LogP contribution is -2.15. The maximum Gasteiger partial charge on any atom is 0.275 e. The minimum atomic E-state index is -0.197. The number of hydrogen-bond acceptors (Lipinski definition) is 4. The predicted molar refractivity (Wildman–Crippen MR) is 75.5 cm³/mol. The van der Waals surface area contributed by atoms with Crippen molar-refractivity contribution in [1.29, 1.82) is 0 Å². The normalized spacial score (nSPS) is 10.8. The van der Waals surface area contributed by atoms with Gasteiger partial charge in [0, 0.05) is 13.2 Å². The predicted octanol–water partition coefficient (Wildman–Crippen LogP) is 2.59. The molecule has 0 saturated heterocycles. The minimum absolute atomic E-state index is 0.197. The average Bonchev–Trinajstić information content (AvgIpc) is 2.95. The number of hydrogen-bond donors (Lipinski definition) is 1. The molecule has 19 heavy (non-hydrogen) atoms. The van der Waals surface area contributed by atoms with Crippen LogP contribution in [-0.4, -0.2) is 20.7 Å². The first-order valence-corrected chi connectivity index (χ1v) is 6.62. The van der Waals surface area contributed by atoms with Crippen molar-refractivity contribution in [3.63, 3.8) is 0 Å². The third kappa shape index (κ3) is 2.10. The molecule has 0 aliphatic rings. The van der Waals surface area contributed by atoms with Crippen LogP contribution < -0.4 is 5.32 Å². The number of carbonyl (C=O) groups excluding carboxylic acids is 1. The Bertz CT molecular complexity index is 759. The summed E-state index contributed by atoms with van der Waals surface area (Å²) in [5, 5.41) is 7.39. The maximum atomic E-state index is 12.1. The van der Waals surface area contributed by atoms with E-state index in [0.717, 1.165) is 15.8 Å². The Hall–Kier alpha value is -2.21. The summed E-state index contributed by atoms with van der Waals surface area (Å²) in [5.74, 6) is -0.197. The molecule has 6 heteroatoms. The molecule has 0 saturated carbocycles. The van der Waals surface area contributed by atoms with E-state index >= 15 is 0 Å². The number of nitrogens with one attached hydrogen (secondary N) is 1. The van der Waals surface area contributed by atoms with Gasteiger partial charge in [0.25, 0.3) is 5.91 Å². The molecule has 2 heterocycles. The van der Waals surface area contributed by atoms with Gasteiger partial charge < -0.3 is 0 Å². The van der Waals surface area contributed by atoms with Crippen LogP contribution in [0.5, 0.6) is 0 Å². The lowest BCUT2D eigenvalue weighted by atomic mass is 10.2. The zero-order valence-electron chi connectivity index (χ0n) is 10.5. The highest BCUT2D eigenvalue weighted by Gasteiger charge is 2.13. The van der Waals surface area contributed by atoms with Gasteiger partial charge in [-0.1, -0.05) is 23.5 Å². The van der Waals surface area contributed by atoms with Gasteiger partial charge in [0.2, 0.25) is 0 Å². The first kappa shape index (κ1) is 11.9. The van der Waals surface area contributed by atoms with Crippen molar-refractivity contribution in [2.75, 3.05) is 5.32 Å². The van der Waals surface area contributed by atoms with Gasteiger partial charge in [0.05, 0.1) is 10.2 Å². The molecule has 0 fully saturated rings. The summed E-state index contributed by atoms with van der Waals surface area (Å²) >= 11 is 1.48. The number of amides is 1. The van der Waals surface area contributed by atoms with E-state index in [-0.39, 0.29) is 5.91 Å². The first-order chi connectivity index (χ1) is 9.15. The van der Waals surface area contributed by atoms with Crippen LogP contribution in [0.25, 0.3) is 10.2 Å². The monoisotopic (exact) mass is 272 g/mol. The summed E-state index contributed by atoms with van der Waals surface area (Å²) in [5.41, 5.74) is 2.58. The van der Waals surface area contributed by atoms with Gasteiger partial charge in [-0.05, 0) is 24.6 Å². The average molecular weight is 272 g/mol. The number of carbonyl (C=O) groups is 1. The molecule has 2 aromatic heterocycles. The molecule has 0 unspecified atom stereocenters. The van der Waals surface area contributed by atoms with Gasteiger partial charge in [-0.2, -0.15) is 5.10 Å². The molecule has 1 amide bonds. The first-order valence-electron chi connectivity index (χ1n) is 5.80. The number of aromatic nitrogens is 3. The van der Waals surface area contributed by atoms with E-state index in [1.807, 2.05) is 25.1 Å². The van der Waals surface area contributed by atoms with E-state index < -0.39 is 0 Å². The molecule has 96 valence electrons. The van der Waals surface area contributed by atoms with Crippen LogP contribution in [0.2, 0.25) is 0 Å². The molecule has 0 radical (unpaired) electrons. The Balaban J connectivity index is 1.92. The van der Waals surface area contributed by atoms with Gasteiger partial charge in [-0.3, -0.25) is 14.8 Å². The topological polar surface area (TPSA) is 59.8 Å². The summed E-state index contributed by atoms with van der Waals surface area (Å²) in [6.45, 7) is 2.03. The standard InChI is InChI=1S/C13H12N4OS/c1-8-4-3-5-9-11(8)19-13(15-9)16-12(18)10-6-7-14-17(10)2/h3-7H,1-2H3,(H,15,16,18). The quantitative estimate of drug-likeness (QED) is 0.780. The molecular formula is C13H12N4OS. The molecule has 0 aliphatic heterocycles. The molecule has 3 rings (SSSR count). The fraction of sp³-hybridized carbons (Fsp3) is 0.154. The van der Waals surface area contributed by atoms with E-state index in [1.165, 1.54) is 16.0 Å². The summed E-state index contributed by atoms with van der Waals surface area (Å²) in [6.07, 6.45) is 1.59. The maximum absolute atomic E-state index is 12.1. The van der Waals surface area contributed by atoms with Crippen molar-refractivity contribution in [1.82, 2.24) is 14.8 Å². The largest absolute Gasteiger partial charge is 0.296 e. The van der Waals surface area contributed by atoms with Crippen molar-refractivity contribution in [2.24, 2.45) is 7.05 Å². The molecular weight excluding hydrogens is 260 g/mol. The molecule has 0 spiro atoms. The highest BCUT2D eigenvalue weighted by molar-refractivity contribution is 7.22. The SMILES string of the molecule is Cc1cccc2nc(NC(=O)c3ccnn3C)sc12. The van der Waals surface area contributed by atoms with Crippen molar-refractivity contribution in [3.05, 3.63) is 41.7 Å².